The summed E-state index contributed by atoms with van der Waals surface area (Å²) >= 11 is 4.72. The van der Waals surface area contributed by atoms with Crippen molar-refractivity contribution < 1.29 is 14.7 Å². The smallest absolute Gasteiger partial charge is 0.346 e. The van der Waals surface area contributed by atoms with Crippen LogP contribution in [-0.4, -0.2) is 41.0 Å². The maximum absolute atomic E-state index is 12.5. The number of halogens is 1. The van der Waals surface area contributed by atoms with Crippen molar-refractivity contribution in [2.24, 2.45) is 0 Å². The number of carbonyl (C=O) groups is 2. The SMILES string of the molecule is O=C(CN1CCCC1Cc1c(C(=O)O)sc2ccccc12)Nc1ccc(Br)cc1. The molecule has 150 valence electrons. The van der Waals surface area contributed by atoms with Crippen LogP contribution in [0.3, 0.4) is 0 Å². The first-order chi connectivity index (χ1) is 14.0. The van der Waals surface area contributed by atoms with Gasteiger partial charge in [0, 0.05) is 20.9 Å². The Morgan fingerprint density at radius 2 is 1.93 bits per heavy atom. The summed E-state index contributed by atoms with van der Waals surface area (Å²) in [5.74, 6) is -0.924. The van der Waals surface area contributed by atoms with Crippen LogP contribution in [0.15, 0.2) is 53.0 Å². The molecule has 0 spiro atoms. The molecule has 1 unspecified atom stereocenters. The molecule has 4 rings (SSSR count). The first-order valence-corrected chi connectivity index (χ1v) is 11.2. The van der Waals surface area contributed by atoms with Gasteiger partial charge < -0.3 is 10.4 Å². The highest BCUT2D eigenvalue weighted by Gasteiger charge is 2.29. The predicted molar refractivity (Wildman–Crippen MR) is 120 cm³/mol. The number of nitrogens with zero attached hydrogens (tertiary/aromatic N) is 1. The zero-order valence-electron chi connectivity index (χ0n) is 15.7. The lowest BCUT2D eigenvalue weighted by Crippen LogP contribution is -2.38. The molecule has 1 aromatic heterocycles. The molecular formula is C22H21BrN2O3S. The van der Waals surface area contributed by atoms with E-state index in [9.17, 15) is 14.7 Å². The van der Waals surface area contributed by atoms with Gasteiger partial charge in [-0.05, 0) is 67.1 Å². The van der Waals surface area contributed by atoms with E-state index in [0.29, 0.717) is 17.8 Å². The van der Waals surface area contributed by atoms with Gasteiger partial charge >= 0.3 is 5.97 Å². The summed E-state index contributed by atoms with van der Waals surface area (Å²) in [4.78, 5) is 26.9. The minimum absolute atomic E-state index is 0.0483. The van der Waals surface area contributed by atoms with Gasteiger partial charge in [-0.25, -0.2) is 4.79 Å². The number of hydrogen-bond acceptors (Lipinski definition) is 4. The molecule has 1 atom stereocenters. The molecule has 0 aliphatic carbocycles. The second-order valence-corrected chi connectivity index (χ2v) is 9.20. The molecule has 1 amide bonds. The van der Waals surface area contributed by atoms with Gasteiger partial charge in [0.1, 0.15) is 4.88 Å². The largest absolute Gasteiger partial charge is 0.477 e. The third-order valence-corrected chi connectivity index (χ3v) is 7.04. The number of amides is 1. The summed E-state index contributed by atoms with van der Waals surface area (Å²) in [6.07, 6.45) is 2.63. The zero-order chi connectivity index (χ0) is 20.4. The summed E-state index contributed by atoms with van der Waals surface area (Å²) in [5, 5.41) is 13.6. The molecular weight excluding hydrogens is 452 g/mol. The monoisotopic (exact) mass is 472 g/mol. The maximum Gasteiger partial charge on any atom is 0.346 e. The number of carboxylic acids is 1. The van der Waals surface area contributed by atoms with Gasteiger partial charge in [-0.3, -0.25) is 9.69 Å². The Kier molecular flexibility index (Phi) is 5.99. The second kappa shape index (κ2) is 8.65. The fourth-order valence-electron chi connectivity index (χ4n) is 3.96. The maximum atomic E-state index is 12.5. The lowest BCUT2D eigenvalue weighted by atomic mass is 10.0. The highest BCUT2D eigenvalue weighted by atomic mass is 79.9. The second-order valence-electron chi connectivity index (χ2n) is 7.24. The molecule has 2 heterocycles. The lowest BCUT2D eigenvalue weighted by Gasteiger charge is -2.24. The van der Waals surface area contributed by atoms with Gasteiger partial charge in [0.15, 0.2) is 0 Å². The first kappa shape index (κ1) is 20.1. The molecule has 0 radical (unpaired) electrons. The van der Waals surface area contributed by atoms with Crippen LogP contribution >= 0.6 is 27.3 Å². The fourth-order valence-corrected chi connectivity index (χ4v) is 5.30. The Labute approximate surface area is 181 Å². The number of aromatic carboxylic acids is 1. The standard InChI is InChI=1S/C22H21BrN2O3S/c23-14-7-9-15(10-8-14)24-20(26)13-25-11-3-4-16(25)12-18-17-5-1-2-6-19(17)29-21(18)22(27)28/h1-2,5-10,16H,3-4,11-13H2,(H,24,26)(H,27,28). The van der Waals surface area contributed by atoms with Crippen LogP contribution in [0.1, 0.15) is 28.1 Å². The highest BCUT2D eigenvalue weighted by molar-refractivity contribution is 9.10. The predicted octanol–water partition coefficient (Wildman–Crippen LogP) is 5.01. The van der Waals surface area contributed by atoms with Crippen LogP contribution < -0.4 is 5.32 Å². The molecule has 5 nitrogen and oxygen atoms in total. The van der Waals surface area contributed by atoms with E-state index >= 15 is 0 Å². The Morgan fingerprint density at radius 1 is 1.17 bits per heavy atom. The number of carboxylic acid groups (broad SMARTS) is 1. The molecule has 0 bridgehead atoms. The van der Waals surface area contributed by atoms with Crippen LogP contribution in [-0.2, 0) is 11.2 Å². The average Bonchev–Trinajstić information content (AvgIpc) is 3.29. The minimum Gasteiger partial charge on any atom is -0.477 e. The molecule has 1 fully saturated rings. The van der Waals surface area contributed by atoms with E-state index in [2.05, 4.69) is 26.1 Å². The Morgan fingerprint density at radius 3 is 2.69 bits per heavy atom. The Hall–Kier alpha value is -2.22. The van der Waals surface area contributed by atoms with Crippen LogP contribution in [0.2, 0.25) is 0 Å². The third kappa shape index (κ3) is 4.52. The molecule has 2 aromatic carbocycles. The van der Waals surface area contributed by atoms with Crippen molar-refractivity contribution in [1.29, 1.82) is 0 Å². The van der Waals surface area contributed by atoms with Gasteiger partial charge in [0.2, 0.25) is 5.91 Å². The summed E-state index contributed by atoms with van der Waals surface area (Å²) < 4.78 is 1.96. The number of fused-ring (bicyclic) bond motifs is 1. The number of anilines is 1. The van der Waals surface area contributed by atoms with Crippen molar-refractivity contribution in [2.45, 2.75) is 25.3 Å². The molecule has 1 aliphatic heterocycles. The van der Waals surface area contributed by atoms with Gasteiger partial charge in [-0.1, -0.05) is 34.1 Å². The van der Waals surface area contributed by atoms with Crippen molar-refractivity contribution in [3.63, 3.8) is 0 Å². The Bertz CT molecular complexity index is 1050. The van der Waals surface area contributed by atoms with Crippen molar-refractivity contribution in [3.05, 3.63) is 63.4 Å². The molecule has 1 saturated heterocycles. The number of carbonyl (C=O) groups excluding carboxylic acids is 1. The number of benzene rings is 2. The first-order valence-electron chi connectivity index (χ1n) is 9.54. The summed E-state index contributed by atoms with van der Waals surface area (Å²) in [6.45, 7) is 1.16. The number of likely N-dealkylation sites (tertiary alicyclic amines) is 1. The van der Waals surface area contributed by atoms with Crippen molar-refractivity contribution >= 4 is 54.9 Å². The third-order valence-electron chi connectivity index (χ3n) is 5.31. The van der Waals surface area contributed by atoms with E-state index in [1.807, 2.05) is 48.5 Å². The van der Waals surface area contributed by atoms with Crippen LogP contribution in [0, 0.1) is 0 Å². The number of hydrogen-bond donors (Lipinski definition) is 2. The highest BCUT2D eigenvalue weighted by Crippen LogP contribution is 2.34. The zero-order valence-corrected chi connectivity index (χ0v) is 18.1. The summed E-state index contributed by atoms with van der Waals surface area (Å²) in [5.41, 5.74) is 1.66. The number of nitrogens with one attached hydrogen (secondary N) is 1. The van der Waals surface area contributed by atoms with Gasteiger partial charge in [-0.15, -0.1) is 11.3 Å². The van der Waals surface area contributed by atoms with E-state index in [1.54, 1.807) is 0 Å². The minimum atomic E-state index is -0.876. The molecule has 7 heteroatoms. The molecule has 29 heavy (non-hydrogen) atoms. The summed E-state index contributed by atoms with van der Waals surface area (Å²) in [7, 11) is 0. The van der Waals surface area contributed by atoms with Gasteiger partial charge in [0.25, 0.3) is 0 Å². The summed E-state index contributed by atoms with van der Waals surface area (Å²) in [6, 6.07) is 15.5. The molecule has 0 saturated carbocycles. The van der Waals surface area contributed by atoms with Crippen molar-refractivity contribution in [2.75, 3.05) is 18.4 Å². The van der Waals surface area contributed by atoms with Crippen molar-refractivity contribution in [1.82, 2.24) is 4.90 Å². The van der Waals surface area contributed by atoms with Gasteiger partial charge in [0.05, 0.1) is 6.54 Å². The quantitative estimate of drug-likeness (QED) is 0.528. The van der Waals surface area contributed by atoms with E-state index in [0.717, 1.165) is 45.2 Å². The fraction of sp³-hybridized carbons (Fsp3) is 0.273. The Balaban J connectivity index is 1.48. The van der Waals surface area contributed by atoms with Crippen LogP contribution in [0.4, 0.5) is 5.69 Å². The van der Waals surface area contributed by atoms with Crippen LogP contribution in [0.5, 0.6) is 0 Å². The normalized spacial score (nSPS) is 16.9. The van der Waals surface area contributed by atoms with Crippen LogP contribution in [0.25, 0.3) is 10.1 Å². The lowest BCUT2D eigenvalue weighted by molar-refractivity contribution is -0.117. The van der Waals surface area contributed by atoms with E-state index in [-0.39, 0.29) is 11.9 Å². The molecule has 2 N–H and O–H groups in total. The number of rotatable bonds is 6. The topological polar surface area (TPSA) is 69.6 Å². The van der Waals surface area contributed by atoms with E-state index in [4.69, 9.17) is 0 Å². The van der Waals surface area contributed by atoms with E-state index in [1.165, 1.54) is 11.3 Å². The van der Waals surface area contributed by atoms with Gasteiger partial charge in [-0.2, -0.15) is 0 Å². The van der Waals surface area contributed by atoms with Crippen molar-refractivity contribution in [3.8, 4) is 0 Å². The average molecular weight is 473 g/mol. The molecule has 1 aliphatic rings. The molecule has 3 aromatic rings. The van der Waals surface area contributed by atoms with E-state index < -0.39 is 5.97 Å². The number of thiophene rings is 1.